The van der Waals surface area contributed by atoms with Crippen molar-refractivity contribution in [2.24, 2.45) is 10.4 Å². The van der Waals surface area contributed by atoms with Gasteiger partial charge in [-0.15, -0.1) is 11.3 Å². The summed E-state index contributed by atoms with van der Waals surface area (Å²) in [5, 5.41) is 9.01. The number of benzene rings is 1. The number of halogens is 2. The van der Waals surface area contributed by atoms with Crippen molar-refractivity contribution in [2.45, 2.75) is 19.4 Å². The molecule has 4 heterocycles. The Morgan fingerprint density at radius 2 is 2.24 bits per heavy atom. The molecular formula is C23H23BrFN5O3S. The molecule has 0 bridgehead atoms. The van der Waals surface area contributed by atoms with Crippen LogP contribution in [0.3, 0.4) is 0 Å². The molecule has 0 saturated carbocycles. The summed E-state index contributed by atoms with van der Waals surface area (Å²) in [6.45, 7) is 4.38. The van der Waals surface area contributed by atoms with Crippen LogP contribution in [0.1, 0.15) is 30.0 Å². The van der Waals surface area contributed by atoms with Crippen LogP contribution in [0.2, 0.25) is 0 Å². The standard InChI is InChI=1S/C23H23BrFN5O3S/c1-2-33-22(32)18-16(9-30-12-23(8-17(30)31)10-26-11-23)28-20(21-27-5-6-34-21)29-19(18)14-4-3-13(25)7-15(14)24/h3-7,19,26H,2,8-12H2,1H3,(H,28,29). The molecule has 1 aromatic carbocycles. The third-order valence-corrected chi connectivity index (χ3v) is 7.73. The minimum Gasteiger partial charge on any atom is -0.463 e. The van der Waals surface area contributed by atoms with Gasteiger partial charge in [0.15, 0.2) is 10.8 Å². The largest absolute Gasteiger partial charge is 0.463 e. The molecule has 1 atom stereocenters. The van der Waals surface area contributed by atoms with E-state index in [4.69, 9.17) is 9.73 Å². The van der Waals surface area contributed by atoms with Gasteiger partial charge in [-0.3, -0.25) is 9.79 Å². The zero-order valence-electron chi connectivity index (χ0n) is 18.4. The molecule has 0 aliphatic carbocycles. The second-order valence-electron chi connectivity index (χ2n) is 8.65. The Labute approximate surface area is 208 Å². The first-order chi connectivity index (χ1) is 16.4. The molecule has 2 aromatic rings. The molecule has 0 radical (unpaired) electrons. The Balaban J connectivity index is 1.59. The Morgan fingerprint density at radius 1 is 1.41 bits per heavy atom. The zero-order chi connectivity index (χ0) is 23.9. The summed E-state index contributed by atoms with van der Waals surface area (Å²) >= 11 is 4.83. The normalized spacial score (nSPS) is 21.4. The summed E-state index contributed by atoms with van der Waals surface area (Å²) in [5.41, 5.74) is 1.42. The molecule has 8 nitrogen and oxygen atoms in total. The number of ether oxygens (including phenoxy) is 1. The van der Waals surface area contributed by atoms with Crippen LogP contribution in [-0.4, -0.2) is 60.4 Å². The smallest absolute Gasteiger partial charge is 0.338 e. The molecule has 1 unspecified atom stereocenters. The van der Waals surface area contributed by atoms with Crippen molar-refractivity contribution in [1.29, 1.82) is 0 Å². The van der Waals surface area contributed by atoms with E-state index in [1.54, 1.807) is 24.1 Å². The van der Waals surface area contributed by atoms with Gasteiger partial charge in [-0.1, -0.05) is 22.0 Å². The highest BCUT2D eigenvalue weighted by atomic mass is 79.9. The Morgan fingerprint density at radius 3 is 2.85 bits per heavy atom. The highest BCUT2D eigenvalue weighted by Gasteiger charge is 2.48. The number of carbonyl (C=O) groups is 2. The molecule has 1 amide bonds. The molecule has 1 spiro atoms. The Kier molecular flexibility index (Phi) is 6.26. The topological polar surface area (TPSA) is 95.9 Å². The predicted molar refractivity (Wildman–Crippen MR) is 129 cm³/mol. The van der Waals surface area contributed by atoms with Crippen molar-refractivity contribution in [2.75, 3.05) is 32.8 Å². The average Bonchev–Trinajstić information content (AvgIpc) is 3.42. The van der Waals surface area contributed by atoms with Gasteiger partial charge in [0.1, 0.15) is 11.9 Å². The summed E-state index contributed by atoms with van der Waals surface area (Å²) in [5.74, 6) is -0.389. The van der Waals surface area contributed by atoms with E-state index in [1.165, 1.54) is 23.5 Å². The number of rotatable bonds is 6. The van der Waals surface area contributed by atoms with Crippen molar-refractivity contribution in [1.82, 2.24) is 20.5 Å². The van der Waals surface area contributed by atoms with Gasteiger partial charge in [0.2, 0.25) is 5.91 Å². The summed E-state index contributed by atoms with van der Waals surface area (Å²) in [4.78, 5) is 37.0. The average molecular weight is 548 g/mol. The van der Waals surface area contributed by atoms with Crippen LogP contribution in [-0.2, 0) is 14.3 Å². The monoisotopic (exact) mass is 547 g/mol. The number of nitrogens with one attached hydrogen (secondary N) is 2. The molecule has 2 saturated heterocycles. The minimum atomic E-state index is -0.763. The fourth-order valence-electron chi connectivity index (χ4n) is 4.60. The van der Waals surface area contributed by atoms with E-state index < -0.39 is 17.8 Å². The molecule has 2 N–H and O–H groups in total. The molecule has 3 aliphatic rings. The maximum atomic E-state index is 13.9. The quantitative estimate of drug-likeness (QED) is 0.540. The van der Waals surface area contributed by atoms with E-state index in [2.05, 4.69) is 31.5 Å². The van der Waals surface area contributed by atoms with Crippen molar-refractivity contribution < 1.29 is 18.7 Å². The lowest BCUT2D eigenvalue weighted by molar-refractivity contribution is -0.139. The number of aromatic nitrogens is 1. The highest BCUT2D eigenvalue weighted by Crippen LogP contribution is 2.39. The van der Waals surface area contributed by atoms with Gasteiger partial charge >= 0.3 is 5.97 Å². The van der Waals surface area contributed by atoms with Gasteiger partial charge in [-0.2, -0.15) is 0 Å². The van der Waals surface area contributed by atoms with E-state index in [9.17, 15) is 14.0 Å². The van der Waals surface area contributed by atoms with E-state index >= 15 is 0 Å². The number of aliphatic imine (C=N–C) groups is 1. The summed E-state index contributed by atoms with van der Waals surface area (Å²) < 4.78 is 19.7. The molecule has 1 aromatic heterocycles. The maximum Gasteiger partial charge on any atom is 0.338 e. The number of amides is 1. The van der Waals surface area contributed by atoms with Gasteiger partial charge in [0.05, 0.1) is 18.7 Å². The van der Waals surface area contributed by atoms with Crippen LogP contribution in [0.4, 0.5) is 4.39 Å². The number of carbonyl (C=O) groups excluding carboxylic acids is 2. The lowest BCUT2D eigenvalue weighted by Crippen LogP contribution is -2.54. The van der Waals surface area contributed by atoms with Crippen LogP contribution in [0, 0.1) is 11.2 Å². The van der Waals surface area contributed by atoms with Gasteiger partial charge in [-0.05, 0) is 24.6 Å². The van der Waals surface area contributed by atoms with Gasteiger partial charge in [0.25, 0.3) is 0 Å². The molecule has 34 heavy (non-hydrogen) atoms. The van der Waals surface area contributed by atoms with Crippen molar-refractivity contribution in [3.8, 4) is 0 Å². The Bertz CT molecular complexity index is 1200. The number of nitrogens with zero attached hydrogens (tertiary/aromatic N) is 3. The number of thiazole rings is 1. The third-order valence-electron chi connectivity index (χ3n) is 6.27. The molecule has 11 heteroatoms. The molecule has 178 valence electrons. The number of likely N-dealkylation sites (tertiary alicyclic amines) is 1. The fourth-order valence-corrected chi connectivity index (χ4v) is 5.75. The second-order valence-corrected chi connectivity index (χ2v) is 10.4. The number of hydrogen-bond acceptors (Lipinski definition) is 8. The second kappa shape index (κ2) is 9.20. The van der Waals surface area contributed by atoms with Crippen LogP contribution in [0.5, 0.6) is 0 Å². The van der Waals surface area contributed by atoms with Gasteiger partial charge < -0.3 is 20.3 Å². The first kappa shape index (κ1) is 23.1. The minimum absolute atomic E-state index is 0.0397. The summed E-state index contributed by atoms with van der Waals surface area (Å²) in [7, 11) is 0. The highest BCUT2D eigenvalue weighted by molar-refractivity contribution is 9.10. The lowest BCUT2D eigenvalue weighted by atomic mass is 9.81. The molecule has 3 aliphatic heterocycles. The first-order valence-corrected chi connectivity index (χ1v) is 12.6. The fraction of sp³-hybridized carbons (Fsp3) is 0.391. The summed E-state index contributed by atoms with van der Waals surface area (Å²) in [6.07, 6.45) is 2.16. The number of hydrogen-bond donors (Lipinski definition) is 2. The maximum absolute atomic E-state index is 13.9. The third kappa shape index (κ3) is 4.27. The lowest BCUT2D eigenvalue weighted by Gasteiger charge is -2.38. The van der Waals surface area contributed by atoms with Crippen molar-refractivity contribution >= 4 is 45.0 Å². The number of amidine groups is 1. The van der Waals surface area contributed by atoms with Crippen LogP contribution in [0.15, 0.2) is 50.5 Å². The van der Waals surface area contributed by atoms with Crippen LogP contribution >= 0.6 is 27.3 Å². The van der Waals surface area contributed by atoms with Crippen molar-refractivity contribution in [3.05, 3.63) is 61.9 Å². The van der Waals surface area contributed by atoms with E-state index in [-0.39, 0.29) is 24.5 Å². The SMILES string of the molecule is CCOC(=O)C1=C(CN2CC3(CNC3)CC2=O)NC(c2nccs2)=NC1c1ccc(F)cc1Br. The van der Waals surface area contributed by atoms with Gasteiger partial charge in [0, 0.05) is 53.2 Å². The van der Waals surface area contributed by atoms with Crippen molar-refractivity contribution in [3.63, 3.8) is 0 Å². The number of esters is 1. The van der Waals surface area contributed by atoms with Crippen LogP contribution in [0.25, 0.3) is 0 Å². The molecular weight excluding hydrogens is 525 g/mol. The Hall–Kier alpha value is -2.63. The van der Waals surface area contributed by atoms with E-state index in [1.807, 2.05) is 5.38 Å². The first-order valence-electron chi connectivity index (χ1n) is 11.0. The molecule has 5 rings (SSSR count). The predicted octanol–water partition coefficient (Wildman–Crippen LogP) is 2.77. The van der Waals surface area contributed by atoms with E-state index in [0.29, 0.717) is 45.1 Å². The van der Waals surface area contributed by atoms with Crippen LogP contribution < -0.4 is 10.6 Å². The molecule has 2 fully saturated rings. The zero-order valence-corrected chi connectivity index (χ0v) is 20.8. The van der Waals surface area contributed by atoms with E-state index in [0.717, 1.165) is 13.1 Å². The van der Waals surface area contributed by atoms with Gasteiger partial charge in [-0.25, -0.2) is 14.2 Å². The summed E-state index contributed by atoms with van der Waals surface area (Å²) in [6, 6.07) is 3.52.